The van der Waals surface area contributed by atoms with Crippen molar-refractivity contribution in [3.05, 3.63) is 205 Å². The van der Waals surface area contributed by atoms with E-state index in [1.807, 2.05) is 0 Å². The van der Waals surface area contributed by atoms with Crippen LogP contribution in [0, 0.1) is 0 Å². The fraction of sp³-hybridized carbons (Fsp3) is 0.0492. The summed E-state index contributed by atoms with van der Waals surface area (Å²) in [4.78, 5) is 0. The highest BCUT2D eigenvalue weighted by molar-refractivity contribution is 6.27. The molecule has 11 aromatic carbocycles. The Kier molecular flexibility index (Phi) is 6.93. The zero-order valence-corrected chi connectivity index (χ0v) is 34.8. The van der Waals surface area contributed by atoms with Crippen molar-refractivity contribution < 1.29 is 8.83 Å². The molecule has 0 atom stereocenters. The highest BCUT2D eigenvalue weighted by atomic mass is 16.3. The molecule has 1 aliphatic carbocycles. The van der Waals surface area contributed by atoms with Crippen molar-refractivity contribution in [1.82, 2.24) is 0 Å². The van der Waals surface area contributed by atoms with Crippen molar-refractivity contribution in [2.45, 2.75) is 19.3 Å². The first-order valence-electron chi connectivity index (χ1n) is 21.9. The summed E-state index contributed by atoms with van der Waals surface area (Å²) in [6.45, 7) is 4.76. The largest absolute Gasteiger partial charge is 0.456 e. The second-order valence-corrected chi connectivity index (χ2v) is 17.9. The summed E-state index contributed by atoms with van der Waals surface area (Å²) in [5, 5.41) is 14.3. The average Bonchev–Trinajstić information content (AvgIpc) is 3.96. The predicted octanol–water partition coefficient (Wildman–Crippen LogP) is 17.4. The molecule has 2 nitrogen and oxygen atoms in total. The summed E-state index contributed by atoms with van der Waals surface area (Å²) in [6, 6.07) is 71.3. The van der Waals surface area contributed by atoms with Crippen molar-refractivity contribution in [1.29, 1.82) is 0 Å². The maximum absolute atomic E-state index is 6.80. The average molecular weight is 803 g/mol. The molecule has 0 saturated heterocycles. The first kappa shape index (κ1) is 34.7. The highest BCUT2D eigenvalue weighted by Gasteiger charge is 2.36. The van der Waals surface area contributed by atoms with Crippen LogP contribution in [-0.4, -0.2) is 0 Å². The van der Waals surface area contributed by atoms with Gasteiger partial charge in [0, 0.05) is 21.6 Å². The lowest BCUT2D eigenvalue weighted by Gasteiger charge is -2.23. The maximum atomic E-state index is 6.80. The van der Waals surface area contributed by atoms with E-state index in [1.54, 1.807) is 0 Å². The van der Waals surface area contributed by atoms with E-state index < -0.39 is 0 Å². The number of fused-ring (bicyclic) bond motifs is 14. The number of rotatable bonds is 3. The zero-order valence-electron chi connectivity index (χ0n) is 34.8. The Morgan fingerprint density at radius 3 is 1.70 bits per heavy atom. The van der Waals surface area contributed by atoms with E-state index in [1.165, 1.54) is 82.2 Å². The predicted molar refractivity (Wildman–Crippen MR) is 265 cm³/mol. The molecule has 0 saturated carbocycles. The van der Waals surface area contributed by atoms with Crippen LogP contribution in [0.3, 0.4) is 0 Å². The fourth-order valence-corrected chi connectivity index (χ4v) is 11.3. The van der Waals surface area contributed by atoms with E-state index in [4.69, 9.17) is 8.83 Å². The lowest BCUT2D eigenvalue weighted by atomic mass is 9.80. The summed E-state index contributed by atoms with van der Waals surface area (Å²) >= 11 is 0. The monoisotopic (exact) mass is 802 g/mol. The van der Waals surface area contributed by atoms with E-state index in [2.05, 4.69) is 208 Å². The van der Waals surface area contributed by atoms with Crippen LogP contribution in [0.2, 0.25) is 0 Å². The molecule has 2 heterocycles. The molecule has 0 N–H and O–H groups in total. The van der Waals surface area contributed by atoms with Gasteiger partial charge in [-0.15, -0.1) is 0 Å². The summed E-state index contributed by atoms with van der Waals surface area (Å²) < 4.78 is 13.5. The molecule has 0 fully saturated rings. The summed E-state index contributed by atoms with van der Waals surface area (Å²) in [5.41, 5.74) is 15.8. The summed E-state index contributed by atoms with van der Waals surface area (Å²) in [6.07, 6.45) is 0. The molecule has 13 aromatic rings. The molecule has 2 aromatic heterocycles. The molecule has 0 aliphatic heterocycles. The Labute approximate surface area is 363 Å². The van der Waals surface area contributed by atoms with Crippen molar-refractivity contribution >= 4 is 87.0 Å². The first-order chi connectivity index (χ1) is 31.0. The van der Waals surface area contributed by atoms with E-state index >= 15 is 0 Å². The number of hydrogen-bond acceptors (Lipinski definition) is 2. The third kappa shape index (κ3) is 4.78. The molecule has 294 valence electrons. The minimum Gasteiger partial charge on any atom is -0.456 e. The Morgan fingerprint density at radius 1 is 0.317 bits per heavy atom. The van der Waals surface area contributed by atoms with E-state index in [9.17, 15) is 0 Å². The van der Waals surface area contributed by atoms with Crippen molar-refractivity contribution in [2.24, 2.45) is 0 Å². The maximum Gasteiger partial charge on any atom is 0.147 e. The van der Waals surface area contributed by atoms with Gasteiger partial charge in [-0.2, -0.15) is 0 Å². The van der Waals surface area contributed by atoms with Crippen LogP contribution in [0.15, 0.2) is 203 Å². The van der Waals surface area contributed by atoms with Gasteiger partial charge in [0.15, 0.2) is 0 Å². The van der Waals surface area contributed by atoms with Gasteiger partial charge in [0.1, 0.15) is 22.3 Å². The normalized spacial score (nSPS) is 13.4. The van der Waals surface area contributed by atoms with Gasteiger partial charge < -0.3 is 8.83 Å². The molecule has 1 aliphatic rings. The molecule has 0 unspecified atom stereocenters. The van der Waals surface area contributed by atoms with E-state index in [0.29, 0.717) is 0 Å². The van der Waals surface area contributed by atoms with Gasteiger partial charge in [-0.3, -0.25) is 0 Å². The van der Waals surface area contributed by atoms with Gasteiger partial charge in [0.05, 0.1) is 5.39 Å². The van der Waals surface area contributed by atoms with Gasteiger partial charge in [-0.1, -0.05) is 172 Å². The van der Waals surface area contributed by atoms with Crippen LogP contribution >= 0.6 is 0 Å². The van der Waals surface area contributed by atoms with Gasteiger partial charge in [0.2, 0.25) is 0 Å². The lowest BCUT2D eigenvalue weighted by Crippen LogP contribution is -2.15. The number of furan rings is 2. The van der Waals surface area contributed by atoms with Crippen LogP contribution < -0.4 is 0 Å². The Balaban J connectivity index is 0.971. The molecule has 63 heavy (non-hydrogen) atoms. The molecular weight excluding hydrogens is 765 g/mol. The topological polar surface area (TPSA) is 26.3 Å². The highest BCUT2D eigenvalue weighted by Crippen LogP contribution is 2.54. The van der Waals surface area contributed by atoms with Gasteiger partial charge >= 0.3 is 0 Å². The van der Waals surface area contributed by atoms with Gasteiger partial charge in [-0.25, -0.2) is 0 Å². The second kappa shape index (κ2) is 12.6. The molecule has 0 spiro atoms. The molecular formula is C61H38O2. The SMILES string of the molecule is CC1(C)c2ccc(-c3cc4oc5cc6ccccc6cc5c4c4oc5ccccc5c34)cc2-c2ccc(-c3c4ccccc4c(-c4cccc5ccccc45)c4ccccc34)cc21. The fourth-order valence-electron chi connectivity index (χ4n) is 11.3. The quantitative estimate of drug-likeness (QED) is 0.166. The van der Waals surface area contributed by atoms with Crippen molar-refractivity contribution in [3.63, 3.8) is 0 Å². The standard InChI is InChI=1S/C61H38O2/c1-61(2)51-29-27-38(48-34-55-59(60-58(48)47-23-11-12-25-53(47)63-60)50-30-36-15-3-4-16-37(36)33-54(50)62-55)31-49(51)41-28-26-39(32-52(41)61)56-43-19-7-9-21-45(43)57(46-22-10-8-20-44(46)56)42-24-13-17-35-14-5-6-18-40(35)42/h3-34H,1-2H3. The molecule has 14 rings (SSSR count). The number of para-hydroxylation sites is 1. The lowest BCUT2D eigenvalue weighted by molar-refractivity contribution is 0.660. The first-order valence-corrected chi connectivity index (χ1v) is 21.9. The molecule has 0 bridgehead atoms. The third-order valence-corrected chi connectivity index (χ3v) is 14.2. The van der Waals surface area contributed by atoms with Crippen molar-refractivity contribution in [2.75, 3.05) is 0 Å². The molecule has 2 heteroatoms. The Morgan fingerprint density at radius 2 is 0.937 bits per heavy atom. The van der Waals surface area contributed by atoms with E-state index in [0.717, 1.165) is 60.4 Å². The smallest absolute Gasteiger partial charge is 0.147 e. The molecule has 0 radical (unpaired) electrons. The van der Waals surface area contributed by atoms with Crippen LogP contribution in [0.1, 0.15) is 25.0 Å². The van der Waals surface area contributed by atoms with Crippen LogP contribution in [0.4, 0.5) is 0 Å². The summed E-state index contributed by atoms with van der Waals surface area (Å²) in [7, 11) is 0. The third-order valence-electron chi connectivity index (χ3n) is 14.2. The van der Waals surface area contributed by atoms with Crippen LogP contribution in [-0.2, 0) is 5.41 Å². The zero-order chi connectivity index (χ0) is 41.6. The Hall–Kier alpha value is -7.94. The van der Waals surface area contributed by atoms with Crippen LogP contribution in [0.25, 0.3) is 131 Å². The minimum atomic E-state index is -0.212. The minimum absolute atomic E-state index is 0.212. The number of benzene rings is 11. The van der Waals surface area contributed by atoms with Gasteiger partial charge in [-0.05, 0) is 135 Å². The molecule has 0 amide bonds. The van der Waals surface area contributed by atoms with Crippen LogP contribution in [0.5, 0.6) is 0 Å². The van der Waals surface area contributed by atoms with Crippen molar-refractivity contribution in [3.8, 4) is 44.5 Å². The van der Waals surface area contributed by atoms with Gasteiger partial charge in [0.25, 0.3) is 0 Å². The number of hydrogen-bond donors (Lipinski definition) is 0. The van der Waals surface area contributed by atoms with E-state index in [-0.39, 0.29) is 5.41 Å². The Bertz CT molecular complexity index is 4060. The summed E-state index contributed by atoms with van der Waals surface area (Å²) in [5.74, 6) is 0. The second-order valence-electron chi connectivity index (χ2n) is 17.9.